The van der Waals surface area contributed by atoms with E-state index in [1.165, 1.54) is 10.5 Å². The van der Waals surface area contributed by atoms with Gasteiger partial charge in [0.05, 0.1) is 17.1 Å². The fourth-order valence-corrected chi connectivity index (χ4v) is 2.88. The molecule has 118 valence electrons. The average molecular weight is 329 g/mol. The molecule has 1 N–H and O–H groups in total. The van der Waals surface area contributed by atoms with Crippen LogP contribution in [0.5, 0.6) is 0 Å². The van der Waals surface area contributed by atoms with Crippen molar-refractivity contribution >= 4 is 34.8 Å². The molecule has 2 amide bonds. The van der Waals surface area contributed by atoms with E-state index in [-0.39, 0.29) is 18.2 Å². The second-order valence-electron chi connectivity index (χ2n) is 5.72. The van der Waals surface area contributed by atoms with Crippen molar-refractivity contribution in [1.82, 2.24) is 0 Å². The highest BCUT2D eigenvalue weighted by Gasteiger charge is 2.40. The van der Waals surface area contributed by atoms with Crippen LogP contribution in [0.4, 0.5) is 11.4 Å². The molecular weight excluding hydrogens is 312 g/mol. The van der Waals surface area contributed by atoms with Crippen LogP contribution < -0.4 is 10.2 Å². The molecule has 0 spiro atoms. The smallest absolute Gasteiger partial charge is 0.256 e. The lowest BCUT2D eigenvalue weighted by molar-refractivity contribution is -0.121. The number of nitrogens with zero attached hydrogens (tertiary/aromatic N) is 1. The molecule has 2 aromatic carbocycles. The van der Waals surface area contributed by atoms with Gasteiger partial charge in [0.25, 0.3) is 5.91 Å². The Labute approximate surface area is 140 Å². The number of para-hydroxylation sites is 1. The highest BCUT2D eigenvalue weighted by Crippen LogP contribution is 2.30. The minimum absolute atomic E-state index is 0.122. The quantitative estimate of drug-likeness (QED) is 0.874. The van der Waals surface area contributed by atoms with Crippen LogP contribution in [0, 0.1) is 13.8 Å². The molecule has 1 fully saturated rings. The second-order valence-corrected chi connectivity index (χ2v) is 6.13. The molecule has 0 radical (unpaired) electrons. The summed E-state index contributed by atoms with van der Waals surface area (Å²) < 4.78 is 0. The van der Waals surface area contributed by atoms with E-state index in [4.69, 9.17) is 11.6 Å². The van der Waals surface area contributed by atoms with Crippen molar-refractivity contribution in [2.75, 3.05) is 10.2 Å². The van der Waals surface area contributed by atoms with E-state index >= 15 is 0 Å². The lowest BCUT2D eigenvalue weighted by Crippen LogP contribution is -2.35. The Morgan fingerprint density at radius 2 is 1.83 bits per heavy atom. The number of halogens is 1. The highest BCUT2D eigenvalue weighted by molar-refractivity contribution is 6.36. The van der Waals surface area contributed by atoms with Gasteiger partial charge >= 0.3 is 0 Å². The maximum absolute atomic E-state index is 12.6. The number of amides is 2. The summed E-state index contributed by atoms with van der Waals surface area (Å²) >= 11 is 6.11. The first kappa shape index (κ1) is 15.6. The molecule has 3 rings (SSSR count). The first-order valence-corrected chi connectivity index (χ1v) is 7.80. The lowest BCUT2D eigenvalue weighted by Gasteiger charge is -2.17. The fourth-order valence-electron chi connectivity index (χ4n) is 2.66. The van der Waals surface area contributed by atoms with Crippen LogP contribution in [0.3, 0.4) is 0 Å². The number of rotatable bonds is 3. The van der Waals surface area contributed by atoms with Crippen molar-refractivity contribution < 1.29 is 9.59 Å². The van der Waals surface area contributed by atoms with Gasteiger partial charge in [-0.05, 0) is 49.2 Å². The van der Waals surface area contributed by atoms with Crippen molar-refractivity contribution in [3.05, 3.63) is 58.6 Å². The molecule has 1 aliphatic rings. The van der Waals surface area contributed by atoms with Gasteiger partial charge in [-0.2, -0.15) is 0 Å². The van der Waals surface area contributed by atoms with Crippen LogP contribution in [0.2, 0.25) is 5.02 Å². The Kier molecular flexibility index (Phi) is 4.09. The minimum atomic E-state index is -0.569. The number of hydrogen-bond acceptors (Lipinski definition) is 3. The zero-order chi connectivity index (χ0) is 16.6. The predicted molar refractivity (Wildman–Crippen MR) is 91.9 cm³/mol. The summed E-state index contributed by atoms with van der Waals surface area (Å²) in [6.45, 7) is 4.04. The van der Waals surface area contributed by atoms with E-state index in [9.17, 15) is 9.59 Å². The van der Waals surface area contributed by atoms with Crippen molar-refractivity contribution in [2.45, 2.75) is 26.3 Å². The SMILES string of the molecule is Cc1ccc(NC2CC(=O)N(c3ccccc3Cl)C2=O)cc1C. The number of benzene rings is 2. The van der Waals surface area contributed by atoms with Gasteiger partial charge in [-0.3, -0.25) is 9.59 Å². The van der Waals surface area contributed by atoms with Crippen LogP contribution >= 0.6 is 11.6 Å². The molecule has 1 aliphatic heterocycles. The number of nitrogens with one attached hydrogen (secondary N) is 1. The minimum Gasteiger partial charge on any atom is -0.373 e. The standard InChI is InChI=1S/C18H17ClN2O2/c1-11-7-8-13(9-12(11)2)20-15-10-17(22)21(18(15)23)16-6-4-3-5-14(16)19/h3-9,15,20H,10H2,1-2H3. The first-order valence-electron chi connectivity index (χ1n) is 7.42. The monoisotopic (exact) mass is 328 g/mol. The average Bonchev–Trinajstić information content (AvgIpc) is 2.78. The van der Waals surface area contributed by atoms with Gasteiger partial charge in [0.1, 0.15) is 6.04 Å². The maximum atomic E-state index is 12.6. The molecule has 0 bridgehead atoms. The van der Waals surface area contributed by atoms with Gasteiger partial charge in [-0.25, -0.2) is 4.90 Å². The van der Waals surface area contributed by atoms with Gasteiger partial charge in [-0.15, -0.1) is 0 Å². The number of carbonyl (C=O) groups excluding carboxylic acids is 2. The maximum Gasteiger partial charge on any atom is 0.256 e. The molecule has 1 saturated heterocycles. The summed E-state index contributed by atoms with van der Waals surface area (Å²) in [7, 11) is 0. The predicted octanol–water partition coefficient (Wildman–Crippen LogP) is 3.70. The molecular formula is C18H17ClN2O2. The van der Waals surface area contributed by atoms with E-state index in [0.29, 0.717) is 10.7 Å². The third-order valence-electron chi connectivity index (χ3n) is 4.09. The van der Waals surface area contributed by atoms with Gasteiger partial charge in [-0.1, -0.05) is 29.8 Å². The topological polar surface area (TPSA) is 49.4 Å². The van der Waals surface area contributed by atoms with E-state index in [1.54, 1.807) is 24.3 Å². The lowest BCUT2D eigenvalue weighted by atomic mass is 10.1. The molecule has 4 nitrogen and oxygen atoms in total. The molecule has 0 saturated carbocycles. The number of aryl methyl sites for hydroxylation is 2. The van der Waals surface area contributed by atoms with Crippen LogP contribution in [0.1, 0.15) is 17.5 Å². The van der Waals surface area contributed by atoms with Crippen molar-refractivity contribution in [1.29, 1.82) is 0 Å². The number of anilines is 2. The molecule has 1 heterocycles. The molecule has 1 atom stereocenters. The van der Waals surface area contributed by atoms with Gasteiger partial charge in [0, 0.05) is 5.69 Å². The second kappa shape index (κ2) is 6.05. The van der Waals surface area contributed by atoms with Crippen molar-refractivity contribution in [2.24, 2.45) is 0 Å². The highest BCUT2D eigenvalue weighted by atomic mass is 35.5. The van der Waals surface area contributed by atoms with Crippen molar-refractivity contribution in [3.63, 3.8) is 0 Å². The van der Waals surface area contributed by atoms with Crippen LogP contribution in [0.25, 0.3) is 0 Å². The van der Waals surface area contributed by atoms with E-state index in [2.05, 4.69) is 5.32 Å². The number of carbonyl (C=O) groups is 2. The Morgan fingerprint density at radius 1 is 1.09 bits per heavy atom. The third kappa shape index (κ3) is 2.94. The summed E-state index contributed by atoms with van der Waals surface area (Å²) in [4.78, 5) is 26.0. The fraction of sp³-hybridized carbons (Fsp3) is 0.222. The summed E-state index contributed by atoms with van der Waals surface area (Å²) in [5.41, 5.74) is 3.59. The number of imide groups is 1. The largest absolute Gasteiger partial charge is 0.373 e. The number of hydrogen-bond donors (Lipinski definition) is 1. The zero-order valence-electron chi connectivity index (χ0n) is 13.0. The summed E-state index contributed by atoms with van der Waals surface area (Å²) in [6.07, 6.45) is 0.122. The van der Waals surface area contributed by atoms with Crippen LogP contribution in [0.15, 0.2) is 42.5 Å². The van der Waals surface area contributed by atoms with E-state index in [0.717, 1.165) is 11.3 Å². The molecule has 5 heteroatoms. The van der Waals surface area contributed by atoms with Gasteiger partial charge in [0.15, 0.2) is 0 Å². The Morgan fingerprint density at radius 3 is 2.52 bits per heavy atom. The van der Waals surface area contributed by atoms with Crippen LogP contribution in [-0.2, 0) is 9.59 Å². The van der Waals surface area contributed by atoms with Crippen LogP contribution in [-0.4, -0.2) is 17.9 Å². The molecule has 0 aromatic heterocycles. The Balaban J connectivity index is 1.84. The summed E-state index contributed by atoms with van der Waals surface area (Å²) in [6, 6.07) is 12.2. The summed E-state index contributed by atoms with van der Waals surface area (Å²) in [5, 5.41) is 3.54. The molecule has 0 aliphatic carbocycles. The van der Waals surface area contributed by atoms with Gasteiger partial charge in [0.2, 0.25) is 5.91 Å². The van der Waals surface area contributed by atoms with E-state index in [1.807, 2.05) is 32.0 Å². The molecule has 1 unspecified atom stereocenters. The first-order chi connectivity index (χ1) is 11.0. The molecule has 23 heavy (non-hydrogen) atoms. The summed E-state index contributed by atoms with van der Waals surface area (Å²) in [5.74, 6) is -0.522. The normalized spacial score (nSPS) is 17.7. The Hall–Kier alpha value is -2.33. The third-order valence-corrected chi connectivity index (χ3v) is 4.41. The van der Waals surface area contributed by atoms with E-state index < -0.39 is 6.04 Å². The zero-order valence-corrected chi connectivity index (χ0v) is 13.7. The van der Waals surface area contributed by atoms with Gasteiger partial charge < -0.3 is 5.32 Å². The molecule has 2 aromatic rings. The van der Waals surface area contributed by atoms with Crippen molar-refractivity contribution in [3.8, 4) is 0 Å². The Bertz CT molecular complexity index is 788.